The molecule has 1 heterocycles. The summed E-state index contributed by atoms with van der Waals surface area (Å²) in [5.41, 5.74) is 1.42. The molecule has 0 aliphatic heterocycles. The van der Waals surface area contributed by atoms with E-state index in [2.05, 4.69) is 10.3 Å². The van der Waals surface area contributed by atoms with E-state index in [1.165, 1.54) is 6.07 Å². The van der Waals surface area contributed by atoms with E-state index in [1.807, 2.05) is 12.1 Å². The van der Waals surface area contributed by atoms with Gasteiger partial charge in [0.15, 0.2) is 0 Å². The maximum Gasteiger partial charge on any atom is 0.131 e. The Balaban J connectivity index is 2.49. The van der Waals surface area contributed by atoms with Crippen LogP contribution in [0.1, 0.15) is 0 Å². The largest absolute Gasteiger partial charge is 0.373 e. The summed E-state index contributed by atoms with van der Waals surface area (Å²) in [5, 5.41) is 2.92. The molecule has 76 valence electrons. The molecule has 1 N–H and O–H groups in total. The summed E-state index contributed by atoms with van der Waals surface area (Å²) in [7, 11) is 1.79. The lowest BCUT2D eigenvalue weighted by molar-refractivity contribution is 0.631. The van der Waals surface area contributed by atoms with Crippen LogP contribution in [0.5, 0.6) is 0 Å². The van der Waals surface area contributed by atoms with Crippen LogP contribution in [0.3, 0.4) is 0 Å². The molecule has 0 saturated carbocycles. The van der Waals surface area contributed by atoms with Gasteiger partial charge in [-0.25, -0.2) is 9.37 Å². The standard InChI is InChI=1S/C12H11FN2/c1-14-12-8-9(6-7-15-12)10-4-2-3-5-11(10)13/h2-8H,1H3,(H,14,15). The molecule has 0 atom stereocenters. The molecule has 0 bridgehead atoms. The van der Waals surface area contributed by atoms with Crippen LogP contribution in [-0.4, -0.2) is 12.0 Å². The summed E-state index contributed by atoms with van der Waals surface area (Å²) in [4.78, 5) is 4.08. The third-order valence-corrected chi connectivity index (χ3v) is 2.20. The third-order valence-electron chi connectivity index (χ3n) is 2.20. The minimum Gasteiger partial charge on any atom is -0.373 e. The van der Waals surface area contributed by atoms with Crippen LogP contribution in [0, 0.1) is 5.82 Å². The summed E-state index contributed by atoms with van der Waals surface area (Å²) < 4.78 is 13.5. The van der Waals surface area contributed by atoms with Crippen molar-refractivity contribution in [1.82, 2.24) is 4.98 Å². The van der Waals surface area contributed by atoms with Gasteiger partial charge >= 0.3 is 0 Å². The topological polar surface area (TPSA) is 24.9 Å². The predicted molar refractivity (Wildman–Crippen MR) is 59.2 cm³/mol. The van der Waals surface area contributed by atoms with Gasteiger partial charge in [-0.1, -0.05) is 18.2 Å². The first-order valence-corrected chi connectivity index (χ1v) is 4.70. The average molecular weight is 202 g/mol. The first-order chi connectivity index (χ1) is 7.31. The molecular formula is C12H11FN2. The summed E-state index contributed by atoms with van der Waals surface area (Å²) in [5.74, 6) is 0.515. The Hall–Kier alpha value is -1.90. The molecule has 15 heavy (non-hydrogen) atoms. The fourth-order valence-corrected chi connectivity index (χ4v) is 1.43. The van der Waals surface area contributed by atoms with Gasteiger partial charge in [0.25, 0.3) is 0 Å². The fraction of sp³-hybridized carbons (Fsp3) is 0.0833. The first kappa shape index (κ1) is 9.65. The maximum atomic E-state index is 13.5. The zero-order valence-corrected chi connectivity index (χ0v) is 8.37. The molecule has 1 aromatic carbocycles. The monoisotopic (exact) mass is 202 g/mol. The molecule has 0 aliphatic carbocycles. The molecule has 2 nitrogen and oxygen atoms in total. The second kappa shape index (κ2) is 4.09. The lowest BCUT2D eigenvalue weighted by Gasteiger charge is -2.04. The maximum absolute atomic E-state index is 13.5. The van der Waals surface area contributed by atoms with Crippen molar-refractivity contribution in [3.8, 4) is 11.1 Å². The molecular weight excluding hydrogens is 191 g/mol. The van der Waals surface area contributed by atoms with Crippen LogP contribution >= 0.6 is 0 Å². The van der Waals surface area contributed by atoms with Gasteiger partial charge in [-0.15, -0.1) is 0 Å². The molecule has 0 unspecified atom stereocenters. The lowest BCUT2D eigenvalue weighted by Crippen LogP contribution is -1.92. The van der Waals surface area contributed by atoms with Crippen LogP contribution in [0.2, 0.25) is 0 Å². The lowest BCUT2D eigenvalue weighted by atomic mass is 10.1. The van der Waals surface area contributed by atoms with E-state index in [1.54, 1.807) is 31.4 Å². The number of nitrogens with zero attached hydrogens (tertiary/aromatic N) is 1. The highest BCUT2D eigenvalue weighted by atomic mass is 19.1. The number of benzene rings is 1. The van der Waals surface area contributed by atoms with Crippen molar-refractivity contribution in [3.05, 3.63) is 48.4 Å². The molecule has 3 heteroatoms. The van der Waals surface area contributed by atoms with Gasteiger partial charge in [-0.05, 0) is 23.8 Å². The van der Waals surface area contributed by atoms with Crippen LogP contribution < -0.4 is 5.32 Å². The van der Waals surface area contributed by atoms with E-state index >= 15 is 0 Å². The first-order valence-electron chi connectivity index (χ1n) is 4.70. The summed E-state index contributed by atoms with van der Waals surface area (Å²) >= 11 is 0. The molecule has 0 saturated heterocycles. The van der Waals surface area contributed by atoms with Crippen LogP contribution in [0.4, 0.5) is 10.2 Å². The number of rotatable bonds is 2. The number of nitrogens with one attached hydrogen (secondary N) is 1. The van der Waals surface area contributed by atoms with Gasteiger partial charge in [0.1, 0.15) is 11.6 Å². The molecule has 0 amide bonds. The van der Waals surface area contributed by atoms with Crippen LogP contribution in [0.15, 0.2) is 42.6 Å². The van der Waals surface area contributed by atoms with Crippen molar-refractivity contribution in [2.75, 3.05) is 12.4 Å². The zero-order valence-electron chi connectivity index (χ0n) is 8.37. The van der Waals surface area contributed by atoms with E-state index in [-0.39, 0.29) is 5.82 Å². The molecule has 2 rings (SSSR count). The van der Waals surface area contributed by atoms with Crippen molar-refractivity contribution >= 4 is 5.82 Å². The highest BCUT2D eigenvalue weighted by Crippen LogP contribution is 2.23. The van der Waals surface area contributed by atoms with Crippen LogP contribution in [0.25, 0.3) is 11.1 Å². The van der Waals surface area contributed by atoms with Gasteiger partial charge < -0.3 is 5.32 Å². The quantitative estimate of drug-likeness (QED) is 0.809. The number of anilines is 1. The smallest absolute Gasteiger partial charge is 0.131 e. The molecule has 0 spiro atoms. The normalized spacial score (nSPS) is 10.0. The van der Waals surface area contributed by atoms with Gasteiger partial charge in [-0.3, -0.25) is 0 Å². The Morgan fingerprint density at radius 3 is 2.73 bits per heavy atom. The van der Waals surface area contributed by atoms with Crippen LogP contribution in [-0.2, 0) is 0 Å². The Morgan fingerprint density at radius 1 is 1.20 bits per heavy atom. The number of halogens is 1. The highest BCUT2D eigenvalue weighted by molar-refractivity contribution is 5.66. The minimum atomic E-state index is -0.217. The number of hydrogen-bond donors (Lipinski definition) is 1. The van der Waals surface area contributed by atoms with Crippen molar-refractivity contribution in [2.45, 2.75) is 0 Å². The molecule has 1 aromatic heterocycles. The minimum absolute atomic E-state index is 0.217. The molecule has 2 aromatic rings. The Kier molecular flexibility index (Phi) is 2.63. The number of pyridine rings is 1. The van der Waals surface area contributed by atoms with Gasteiger partial charge in [-0.2, -0.15) is 0 Å². The Morgan fingerprint density at radius 2 is 2.00 bits per heavy atom. The average Bonchev–Trinajstić information content (AvgIpc) is 2.30. The van der Waals surface area contributed by atoms with E-state index in [9.17, 15) is 4.39 Å². The van der Waals surface area contributed by atoms with Crippen molar-refractivity contribution in [1.29, 1.82) is 0 Å². The Labute approximate surface area is 87.8 Å². The third kappa shape index (κ3) is 1.96. The molecule has 0 fully saturated rings. The number of hydrogen-bond acceptors (Lipinski definition) is 2. The molecule has 0 aliphatic rings. The van der Waals surface area contributed by atoms with Crippen molar-refractivity contribution in [2.24, 2.45) is 0 Å². The fourth-order valence-electron chi connectivity index (χ4n) is 1.43. The number of aromatic nitrogens is 1. The van der Waals surface area contributed by atoms with E-state index in [0.717, 1.165) is 11.4 Å². The Bertz CT molecular complexity index is 469. The predicted octanol–water partition coefficient (Wildman–Crippen LogP) is 2.93. The summed E-state index contributed by atoms with van der Waals surface area (Å²) in [6, 6.07) is 10.3. The molecule has 0 radical (unpaired) electrons. The SMILES string of the molecule is CNc1cc(-c2ccccc2F)ccn1. The second-order valence-corrected chi connectivity index (χ2v) is 3.16. The van der Waals surface area contributed by atoms with Gasteiger partial charge in [0.2, 0.25) is 0 Å². The summed E-state index contributed by atoms with van der Waals surface area (Å²) in [6.45, 7) is 0. The van der Waals surface area contributed by atoms with Gasteiger partial charge in [0.05, 0.1) is 0 Å². The summed E-state index contributed by atoms with van der Waals surface area (Å²) in [6.07, 6.45) is 1.66. The zero-order chi connectivity index (χ0) is 10.7. The highest BCUT2D eigenvalue weighted by Gasteiger charge is 2.04. The van der Waals surface area contributed by atoms with Gasteiger partial charge in [0, 0.05) is 18.8 Å². The van der Waals surface area contributed by atoms with E-state index in [0.29, 0.717) is 5.56 Å². The van der Waals surface area contributed by atoms with E-state index in [4.69, 9.17) is 0 Å². The van der Waals surface area contributed by atoms with Crippen molar-refractivity contribution < 1.29 is 4.39 Å². The second-order valence-electron chi connectivity index (χ2n) is 3.16. The van der Waals surface area contributed by atoms with Crippen molar-refractivity contribution in [3.63, 3.8) is 0 Å². The van der Waals surface area contributed by atoms with E-state index < -0.39 is 0 Å².